The Kier molecular flexibility index (Phi) is 8.27. The van der Waals surface area contributed by atoms with Crippen molar-refractivity contribution in [3.05, 3.63) is 95.1 Å². The van der Waals surface area contributed by atoms with E-state index in [1.54, 1.807) is 0 Å². The number of benzene rings is 3. The van der Waals surface area contributed by atoms with Crippen LogP contribution in [0.2, 0.25) is 0 Å². The van der Waals surface area contributed by atoms with Gasteiger partial charge in [0.25, 0.3) is 0 Å². The quantitative estimate of drug-likeness (QED) is 0.170. The predicted molar refractivity (Wildman–Crippen MR) is 143 cm³/mol. The van der Waals surface area contributed by atoms with Crippen molar-refractivity contribution in [3.63, 3.8) is 0 Å². The zero-order valence-corrected chi connectivity index (χ0v) is 20.7. The highest BCUT2D eigenvalue weighted by molar-refractivity contribution is 14.1. The highest BCUT2D eigenvalue weighted by Gasteiger charge is 2.20. The van der Waals surface area contributed by atoms with E-state index in [0.29, 0.717) is 5.75 Å². The van der Waals surface area contributed by atoms with Crippen molar-refractivity contribution in [3.8, 4) is 11.5 Å². The Morgan fingerprint density at radius 3 is 2.34 bits per heavy atom. The molecule has 0 aliphatic heterocycles. The third-order valence-electron chi connectivity index (χ3n) is 6.09. The fraction of sp³-hybridized carbons (Fsp3) is 0.310. The number of ether oxygens (including phenoxy) is 1. The number of phenolic OH excluding ortho intramolecular Hbond substituents is 1. The summed E-state index contributed by atoms with van der Waals surface area (Å²) in [7, 11) is 0. The number of rotatable bonds is 9. The van der Waals surface area contributed by atoms with Gasteiger partial charge in [-0.1, -0.05) is 84.0 Å². The van der Waals surface area contributed by atoms with Crippen molar-refractivity contribution in [2.45, 2.75) is 44.9 Å². The van der Waals surface area contributed by atoms with Crippen LogP contribution in [0.25, 0.3) is 11.1 Å². The highest BCUT2D eigenvalue weighted by atomic mass is 127. The molecule has 4 rings (SSSR count). The molecule has 0 fully saturated rings. The van der Waals surface area contributed by atoms with Gasteiger partial charge in [0.15, 0.2) is 0 Å². The van der Waals surface area contributed by atoms with Crippen molar-refractivity contribution in [1.82, 2.24) is 0 Å². The Hall–Kier alpha value is -2.27. The van der Waals surface area contributed by atoms with E-state index in [0.717, 1.165) is 38.0 Å². The Morgan fingerprint density at radius 1 is 0.781 bits per heavy atom. The number of fused-ring (bicyclic) bond motifs is 1. The fourth-order valence-electron chi connectivity index (χ4n) is 4.49. The number of phenols is 1. The van der Waals surface area contributed by atoms with E-state index in [1.165, 1.54) is 57.1 Å². The summed E-state index contributed by atoms with van der Waals surface area (Å²) in [5.74, 6) is 1.28. The number of hydrogen-bond donors (Lipinski definition) is 1. The van der Waals surface area contributed by atoms with E-state index in [4.69, 9.17) is 4.74 Å². The summed E-state index contributed by atoms with van der Waals surface area (Å²) in [5, 5.41) is 10.1. The monoisotopic (exact) mass is 538 g/mol. The largest absolute Gasteiger partial charge is 0.508 e. The van der Waals surface area contributed by atoms with Gasteiger partial charge in [0, 0.05) is 0 Å². The molecule has 0 radical (unpaired) electrons. The van der Waals surface area contributed by atoms with Crippen molar-refractivity contribution >= 4 is 33.7 Å². The van der Waals surface area contributed by atoms with Crippen LogP contribution < -0.4 is 4.74 Å². The molecule has 1 aliphatic carbocycles. The minimum atomic E-state index is 0.341. The van der Waals surface area contributed by atoms with Gasteiger partial charge in [-0.05, 0) is 94.2 Å². The van der Waals surface area contributed by atoms with Gasteiger partial charge in [0.2, 0.25) is 0 Å². The van der Waals surface area contributed by atoms with Gasteiger partial charge in [0.1, 0.15) is 11.5 Å². The van der Waals surface area contributed by atoms with Crippen LogP contribution in [-0.4, -0.2) is 16.1 Å². The third kappa shape index (κ3) is 5.74. The van der Waals surface area contributed by atoms with Crippen LogP contribution in [-0.2, 0) is 6.42 Å². The summed E-state index contributed by atoms with van der Waals surface area (Å²) in [6, 6.07) is 25.1. The number of hydrogen-bond acceptors (Lipinski definition) is 2. The first kappa shape index (κ1) is 22.9. The number of unbranched alkanes of at least 4 members (excludes halogenated alkanes) is 3. The van der Waals surface area contributed by atoms with Crippen LogP contribution in [0.5, 0.6) is 11.5 Å². The van der Waals surface area contributed by atoms with E-state index in [-0.39, 0.29) is 0 Å². The molecule has 1 aliphatic rings. The lowest BCUT2D eigenvalue weighted by atomic mass is 9.88. The molecule has 3 heteroatoms. The first-order valence-corrected chi connectivity index (χ1v) is 13.2. The minimum Gasteiger partial charge on any atom is -0.508 e. The molecule has 0 bridgehead atoms. The summed E-state index contributed by atoms with van der Waals surface area (Å²) >= 11 is 2.44. The van der Waals surface area contributed by atoms with Crippen molar-refractivity contribution in [1.29, 1.82) is 0 Å². The lowest BCUT2D eigenvalue weighted by Gasteiger charge is -2.17. The average molecular weight is 538 g/mol. The molecule has 166 valence electrons. The number of alkyl halides is 1. The molecule has 0 amide bonds. The molecule has 3 aromatic carbocycles. The van der Waals surface area contributed by atoms with E-state index < -0.39 is 0 Å². The maximum Gasteiger partial charge on any atom is 0.119 e. The van der Waals surface area contributed by atoms with Gasteiger partial charge in [-0.3, -0.25) is 0 Å². The molecule has 1 N–H and O–H groups in total. The standard InChI is InChI=1S/C29H31IO2/c30-19-6-1-2-7-20-32-26-16-13-23(14-17-26)29-27(22-9-4-3-5-10-22)12-8-11-24-21-25(31)15-18-28(24)29/h3-5,9-10,13-18,21,31H,1-2,6-8,11-12,19-20H2. The molecule has 0 aromatic heterocycles. The van der Waals surface area contributed by atoms with Gasteiger partial charge in [-0.2, -0.15) is 0 Å². The van der Waals surface area contributed by atoms with Gasteiger partial charge < -0.3 is 9.84 Å². The van der Waals surface area contributed by atoms with Crippen molar-refractivity contribution in [2.75, 3.05) is 11.0 Å². The summed E-state index contributed by atoms with van der Waals surface area (Å²) in [5.41, 5.74) is 7.57. The van der Waals surface area contributed by atoms with Gasteiger partial charge >= 0.3 is 0 Å². The van der Waals surface area contributed by atoms with Crippen LogP contribution in [0.4, 0.5) is 0 Å². The SMILES string of the molecule is Oc1ccc2c(c1)CCCC(c1ccccc1)=C2c1ccc(OCCCCCCI)cc1. The molecule has 0 saturated heterocycles. The molecule has 0 heterocycles. The second-order valence-corrected chi connectivity index (χ2v) is 9.47. The number of halogens is 1. The lowest BCUT2D eigenvalue weighted by molar-refractivity contribution is 0.305. The predicted octanol–water partition coefficient (Wildman–Crippen LogP) is 8.06. The Labute approximate surface area is 205 Å². The zero-order valence-electron chi connectivity index (χ0n) is 18.5. The Morgan fingerprint density at radius 2 is 1.56 bits per heavy atom. The van der Waals surface area contributed by atoms with Gasteiger partial charge in [0.05, 0.1) is 6.61 Å². The normalized spacial score (nSPS) is 13.5. The number of aromatic hydroxyl groups is 1. The molecule has 32 heavy (non-hydrogen) atoms. The Balaban J connectivity index is 1.63. The molecule has 2 nitrogen and oxygen atoms in total. The zero-order chi connectivity index (χ0) is 22.2. The maximum atomic E-state index is 10.1. The number of aryl methyl sites for hydroxylation is 1. The molecule has 0 saturated carbocycles. The van der Waals surface area contributed by atoms with Gasteiger partial charge in [-0.25, -0.2) is 0 Å². The van der Waals surface area contributed by atoms with Crippen molar-refractivity contribution < 1.29 is 9.84 Å². The van der Waals surface area contributed by atoms with E-state index in [2.05, 4.69) is 83.3 Å². The van der Waals surface area contributed by atoms with Crippen LogP contribution in [0, 0.1) is 0 Å². The summed E-state index contributed by atoms with van der Waals surface area (Å²) in [4.78, 5) is 0. The first-order chi connectivity index (χ1) is 15.8. The molecular weight excluding hydrogens is 507 g/mol. The highest BCUT2D eigenvalue weighted by Crippen LogP contribution is 2.40. The van der Waals surface area contributed by atoms with Crippen LogP contribution in [0.15, 0.2) is 72.8 Å². The molecular formula is C29H31IO2. The van der Waals surface area contributed by atoms with E-state index in [9.17, 15) is 5.11 Å². The first-order valence-electron chi connectivity index (χ1n) is 11.7. The minimum absolute atomic E-state index is 0.341. The third-order valence-corrected chi connectivity index (χ3v) is 6.86. The average Bonchev–Trinajstić information content (AvgIpc) is 3.01. The molecule has 0 spiro atoms. The van der Waals surface area contributed by atoms with Crippen molar-refractivity contribution in [2.24, 2.45) is 0 Å². The smallest absolute Gasteiger partial charge is 0.119 e. The van der Waals surface area contributed by atoms with E-state index in [1.807, 2.05) is 12.1 Å². The van der Waals surface area contributed by atoms with Crippen LogP contribution >= 0.6 is 22.6 Å². The second-order valence-electron chi connectivity index (χ2n) is 8.39. The summed E-state index contributed by atoms with van der Waals surface area (Å²) in [6.45, 7) is 0.778. The topological polar surface area (TPSA) is 29.5 Å². The molecule has 0 unspecified atom stereocenters. The summed E-state index contributed by atoms with van der Waals surface area (Å²) < 4.78 is 7.24. The molecule has 0 atom stereocenters. The lowest BCUT2D eigenvalue weighted by Crippen LogP contribution is -1.99. The fourth-order valence-corrected chi connectivity index (χ4v) is 5.03. The van der Waals surface area contributed by atoms with Crippen LogP contribution in [0.1, 0.15) is 60.8 Å². The van der Waals surface area contributed by atoms with Gasteiger partial charge in [-0.15, -0.1) is 0 Å². The number of allylic oxidation sites excluding steroid dienone is 1. The summed E-state index contributed by atoms with van der Waals surface area (Å²) in [6.07, 6.45) is 8.00. The molecule has 3 aromatic rings. The Bertz CT molecular complexity index is 1040. The maximum absolute atomic E-state index is 10.1. The van der Waals surface area contributed by atoms with E-state index >= 15 is 0 Å². The second kappa shape index (κ2) is 11.6. The van der Waals surface area contributed by atoms with Crippen LogP contribution in [0.3, 0.4) is 0 Å².